The molecule has 3 rings (SSSR count). The van der Waals surface area contributed by atoms with Crippen LogP contribution in [0.5, 0.6) is 0 Å². The van der Waals surface area contributed by atoms with Crippen LogP contribution >= 0.6 is 0 Å². The molecule has 0 bridgehead atoms. The van der Waals surface area contributed by atoms with Gasteiger partial charge in [-0.2, -0.15) is 0 Å². The minimum Gasteiger partial charge on any atom is -0.451 e. The molecule has 2 N–H and O–H groups in total. The van der Waals surface area contributed by atoms with Crippen molar-refractivity contribution in [3.8, 4) is 0 Å². The molecular weight excluding hydrogens is 386 g/mol. The van der Waals surface area contributed by atoms with Crippen molar-refractivity contribution in [2.24, 2.45) is 17.8 Å². The first-order valence-electron chi connectivity index (χ1n) is 11.3. The molecule has 0 unspecified atom stereocenters. The predicted octanol–water partition coefficient (Wildman–Crippen LogP) is 2.36. The van der Waals surface area contributed by atoms with Crippen molar-refractivity contribution in [2.45, 2.75) is 90.3 Å². The number of hydrogen-bond donors (Lipinski definition) is 2. The van der Waals surface area contributed by atoms with Crippen LogP contribution < -0.4 is 10.6 Å². The van der Waals surface area contributed by atoms with Crippen molar-refractivity contribution in [1.82, 2.24) is 15.5 Å². The molecule has 30 heavy (non-hydrogen) atoms. The summed E-state index contributed by atoms with van der Waals surface area (Å²) in [6.07, 6.45) is 5.50. The van der Waals surface area contributed by atoms with E-state index in [1.165, 1.54) is 6.92 Å². The van der Waals surface area contributed by atoms with E-state index in [2.05, 4.69) is 24.5 Å². The first-order valence-corrected chi connectivity index (χ1v) is 11.3. The number of urea groups is 1. The predicted molar refractivity (Wildman–Crippen MR) is 110 cm³/mol. The number of nitrogens with zero attached hydrogens (tertiary/aromatic N) is 1. The average molecular weight is 422 g/mol. The highest BCUT2D eigenvalue weighted by Gasteiger charge is 2.55. The minimum absolute atomic E-state index is 0.0216. The Morgan fingerprint density at radius 1 is 1.17 bits per heavy atom. The average Bonchev–Trinajstić information content (AvgIpc) is 2.92. The summed E-state index contributed by atoms with van der Waals surface area (Å²) in [7, 11) is 0. The first-order chi connectivity index (χ1) is 14.2. The van der Waals surface area contributed by atoms with E-state index in [0.29, 0.717) is 18.3 Å². The van der Waals surface area contributed by atoms with Gasteiger partial charge in [0.05, 0.1) is 0 Å². The van der Waals surface area contributed by atoms with Crippen molar-refractivity contribution in [3.63, 3.8) is 0 Å². The first kappa shape index (κ1) is 22.6. The van der Waals surface area contributed by atoms with E-state index in [4.69, 9.17) is 4.74 Å². The Morgan fingerprint density at radius 3 is 2.60 bits per heavy atom. The van der Waals surface area contributed by atoms with Crippen LogP contribution in [0.15, 0.2) is 0 Å². The second kappa shape index (κ2) is 8.94. The highest BCUT2D eigenvalue weighted by atomic mass is 16.5. The van der Waals surface area contributed by atoms with Gasteiger partial charge in [-0.1, -0.05) is 46.5 Å². The van der Waals surface area contributed by atoms with Gasteiger partial charge in [0.2, 0.25) is 0 Å². The smallest absolute Gasteiger partial charge is 0.327 e. The molecule has 0 aromatic carbocycles. The zero-order valence-electron chi connectivity index (χ0n) is 18.5. The molecule has 6 atom stereocenters. The molecule has 2 aliphatic carbocycles. The molecule has 2 saturated carbocycles. The fourth-order valence-corrected chi connectivity index (χ4v) is 5.14. The highest BCUT2D eigenvalue weighted by Crippen LogP contribution is 2.38. The molecule has 1 spiro atoms. The van der Waals surface area contributed by atoms with Gasteiger partial charge >= 0.3 is 12.0 Å². The number of ether oxygens (including phenoxy) is 1. The van der Waals surface area contributed by atoms with Gasteiger partial charge in [0.15, 0.2) is 6.10 Å². The Labute approximate surface area is 178 Å². The second-order valence-corrected chi connectivity index (χ2v) is 9.45. The molecule has 0 aromatic rings. The highest BCUT2D eigenvalue weighted by molar-refractivity contribution is 6.09. The van der Waals surface area contributed by atoms with Crippen LogP contribution in [0.1, 0.15) is 72.6 Å². The summed E-state index contributed by atoms with van der Waals surface area (Å²) in [5, 5.41) is 5.81. The van der Waals surface area contributed by atoms with Gasteiger partial charge in [-0.05, 0) is 43.9 Å². The minimum atomic E-state index is -0.981. The van der Waals surface area contributed by atoms with Crippen LogP contribution in [0.3, 0.4) is 0 Å². The molecular formula is C22H35N3O5. The number of amides is 4. The van der Waals surface area contributed by atoms with E-state index < -0.39 is 30.2 Å². The summed E-state index contributed by atoms with van der Waals surface area (Å²) in [4.78, 5) is 51.2. The maximum Gasteiger partial charge on any atom is 0.327 e. The summed E-state index contributed by atoms with van der Waals surface area (Å²) in [5.74, 6) is -0.538. The molecule has 1 saturated heterocycles. The normalized spacial score (nSPS) is 35.1. The summed E-state index contributed by atoms with van der Waals surface area (Å²) < 4.78 is 5.25. The van der Waals surface area contributed by atoms with Crippen LogP contribution in [-0.2, 0) is 19.1 Å². The molecule has 1 aliphatic heterocycles. The molecule has 0 radical (unpaired) electrons. The zero-order valence-corrected chi connectivity index (χ0v) is 18.5. The molecule has 3 aliphatic rings. The maximum absolute atomic E-state index is 12.9. The van der Waals surface area contributed by atoms with E-state index in [1.807, 2.05) is 6.92 Å². The molecule has 0 aromatic heterocycles. The van der Waals surface area contributed by atoms with Crippen molar-refractivity contribution in [2.75, 3.05) is 6.54 Å². The molecule has 8 nitrogen and oxygen atoms in total. The van der Waals surface area contributed by atoms with Crippen molar-refractivity contribution in [1.29, 1.82) is 0 Å². The third kappa shape index (κ3) is 4.32. The maximum atomic E-state index is 12.9. The molecule has 4 amide bonds. The Hall–Kier alpha value is -2.12. The van der Waals surface area contributed by atoms with Gasteiger partial charge in [-0.15, -0.1) is 0 Å². The molecule has 3 fully saturated rings. The number of nitrogens with one attached hydrogen (secondary N) is 2. The Kier molecular flexibility index (Phi) is 6.72. The van der Waals surface area contributed by atoms with Crippen molar-refractivity contribution in [3.05, 3.63) is 0 Å². The Balaban J connectivity index is 1.54. The largest absolute Gasteiger partial charge is 0.451 e. The number of esters is 1. The number of carbonyl (C=O) groups excluding carboxylic acids is 4. The summed E-state index contributed by atoms with van der Waals surface area (Å²) in [6, 6.07) is -0.492. The van der Waals surface area contributed by atoms with E-state index >= 15 is 0 Å². The lowest BCUT2D eigenvalue weighted by Crippen LogP contribution is -2.54. The molecule has 1 heterocycles. The van der Waals surface area contributed by atoms with Gasteiger partial charge in [0.25, 0.3) is 11.8 Å². The van der Waals surface area contributed by atoms with Crippen LogP contribution in [0.25, 0.3) is 0 Å². The monoisotopic (exact) mass is 421 g/mol. The van der Waals surface area contributed by atoms with E-state index in [0.717, 1.165) is 43.4 Å². The van der Waals surface area contributed by atoms with Crippen molar-refractivity contribution < 1.29 is 23.9 Å². The third-order valence-electron chi connectivity index (χ3n) is 7.50. The van der Waals surface area contributed by atoms with Crippen LogP contribution in [-0.4, -0.2) is 52.9 Å². The number of rotatable bonds is 5. The van der Waals surface area contributed by atoms with Gasteiger partial charge in [-0.3, -0.25) is 19.3 Å². The Morgan fingerprint density at radius 2 is 1.90 bits per heavy atom. The summed E-state index contributed by atoms with van der Waals surface area (Å²) in [5.41, 5.74) is -0.910. The van der Waals surface area contributed by atoms with Gasteiger partial charge in [0.1, 0.15) is 12.1 Å². The van der Waals surface area contributed by atoms with E-state index in [9.17, 15) is 19.2 Å². The second-order valence-electron chi connectivity index (χ2n) is 9.45. The van der Waals surface area contributed by atoms with Crippen molar-refractivity contribution >= 4 is 23.8 Å². The lowest BCUT2D eigenvalue weighted by Gasteiger charge is -2.36. The van der Waals surface area contributed by atoms with E-state index in [1.54, 1.807) is 0 Å². The zero-order chi connectivity index (χ0) is 22.1. The topological polar surface area (TPSA) is 105 Å². The lowest BCUT2D eigenvalue weighted by atomic mass is 9.73. The van der Waals surface area contributed by atoms with Gasteiger partial charge < -0.3 is 15.4 Å². The standard InChI is InChI=1S/C22H35N3O5/c1-13-8-7-10-17(15(13)3)23-19(27)16(4)30-18(26)12-25-20(28)22(24-21(25)29)11-6-5-9-14(22)2/h13-17H,5-12H2,1-4H3,(H,23,27)(H,24,29)/t13-,14+,15-,16-,17-,22+/m1/s1. The fraction of sp³-hybridized carbons (Fsp3) is 0.818. The Bertz CT molecular complexity index is 711. The molecule has 168 valence electrons. The fourth-order valence-electron chi connectivity index (χ4n) is 5.14. The van der Waals surface area contributed by atoms with E-state index in [-0.39, 0.29) is 23.8 Å². The van der Waals surface area contributed by atoms with Crippen LogP contribution in [0.4, 0.5) is 4.79 Å². The third-order valence-corrected chi connectivity index (χ3v) is 7.50. The quantitative estimate of drug-likeness (QED) is 0.524. The SMILES string of the molecule is C[C@@H]1[C@H](C)CCC[C@H]1NC(=O)[C@@H](C)OC(=O)CN1C(=O)N[C@]2(CCCC[C@@H]2C)C1=O. The summed E-state index contributed by atoms with van der Waals surface area (Å²) >= 11 is 0. The van der Waals surface area contributed by atoms with Gasteiger partial charge in [-0.25, -0.2) is 4.79 Å². The van der Waals surface area contributed by atoms with Crippen LogP contribution in [0.2, 0.25) is 0 Å². The lowest BCUT2D eigenvalue weighted by molar-refractivity contribution is -0.157. The molecule has 8 heteroatoms. The summed E-state index contributed by atoms with van der Waals surface area (Å²) in [6.45, 7) is 7.31. The number of hydrogen-bond acceptors (Lipinski definition) is 5. The van der Waals surface area contributed by atoms with Gasteiger partial charge in [0, 0.05) is 6.04 Å². The number of imide groups is 1. The number of carbonyl (C=O) groups is 4. The van der Waals surface area contributed by atoms with Crippen LogP contribution in [0, 0.1) is 17.8 Å².